The molecule has 5 heteroatoms. The van der Waals surface area contributed by atoms with Gasteiger partial charge in [-0.25, -0.2) is 0 Å². The fourth-order valence-corrected chi connectivity index (χ4v) is 3.69. The summed E-state index contributed by atoms with van der Waals surface area (Å²) in [4.78, 5) is 21.6. The monoisotopic (exact) mass is 334 g/mol. The third kappa shape index (κ3) is 3.51. The Labute approximate surface area is 147 Å². The van der Waals surface area contributed by atoms with Crippen LogP contribution >= 0.6 is 0 Å². The van der Waals surface area contributed by atoms with E-state index in [9.17, 15) is 4.79 Å². The second-order valence-corrected chi connectivity index (χ2v) is 8.97. The van der Waals surface area contributed by atoms with Crippen molar-refractivity contribution >= 4 is 11.7 Å². The molecule has 1 saturated heterocycles. The summed E-state index contributed by atoms with van der Waals surface area (Å²) in [5, 5.41) is 0. The number of carbonyl (C=O) groups is 1. The van der Waals surface area contributed by atoms with Crippen molar-refractivity contribution in [3.8, 4) is 0 Å². The van der Waals surface area contributed by atoms with Gasteiger partial charge in [-0.05, 0) is 17.4 Å². The maximum absolute atomic E-state index is 12.1. The Morgan fingerprint density at radius 3 is 2.29 bits per heavy atom. The van der Waals surface area contributed by atoms with Crippen LogP contribution in [0.2, 0.25) is 0 Å². The van der Waals surface area contributed by atoms with Gasteiger partial charge in [0, 0.05) is 24.2 Å². The molecule has 0 aromatic rings. The zero-order valence-corrected chi connectivity index (χ0v) is 16.4. The van der Waals surface area contributed by atoms with Crippen molar-refractivity contribution in [3.05, 3.63) is 11.3 Å². The summed E-state index contributed by atoms with van der Waals surface area (Å²) in [6.45, 7) is 17.9. The summed E-state index contributed by atoms with van der Waals surface area (Å²) < 4.78 is 0. The van der Waals surface area contributed by atoms with E-state index in [4.69, 9.17) is 10.7 Å². The molecule has 0 spiro atoms. The summed E-state index contributed by atoms with van der Waals surface area (Å²) >= 11 is 0. The second-order valence-electron chi connectivity index (χ2n) is 8.97. The average Bonchev–Trinajstić information content (AvgIpc) is 2.49. The predicted molar refractivity (Wildman–Crippen MR) is 99.8 cm³/mol. The van der Waals surface area contributed by atoms with Crippen LogP contribution in [-0.4, -0.2) is 53.8 Å². The highest BCUT2D eigenvalue weighted by Crippen LogP contribution is 2.39. The van der Waals surface area contributed by atoms with Gasteiger partial charge in [0.25, 0.3) is 0 Å². The number of nitrogens with zero attached hydrogens (tertiary/aromatic N) is 3. The Balaban J connectivity index is 2.52. The number of rotatable bonds is 2. The number of carbonyl (C=O) groups excluding carboxylic acids is 1. The van der Waals surface area contributed by atoms with Gasteiger partial charge in [-0.2, -0.15) is 0 Å². The average molecular weight is 335 g/mol. The molecule has 24 heavy (non-hydrogen) atoms. The van der Waals surface area contributed by atoms with Crippen LogP contribution < -0.4 is 5.73 Å². The van der Waals surface area contributed by atoms with Gasteiger partial charge >= 0.3 is 0 Å². The van der Waals surface area contributed by atoms with Crippen molar-refractivity contribution in [3.63, 3.8) is 0 Å². The number of hydrogen-bond donors (Lipinski definition) is 1. The lowest BCUT2D eigenvalue weighted by molar-refractivity contribution is -0.130. The van der Waals surface area contributed by atoms with Crippen LogP contribution in [0.5, 0.6) is 0 Å². The summed E-state index contributed by atoms with van der Waals surface area (Å²) in [5.41, 5.74) is 8.26. The maximum atomic E-state index is 12.1. The molecule has 0 bridgehead atoms. The van der Waals surface area contributed by atoms with Gasteiger partial charge in [-0.3, -0.25) is 9.79 Å². The van der Waals surface area contributed by atoms with Gasteiger partial charge < -0.3 is 15.5 Å². The van der Waals surface area contributed by atoms with Crippen LogP contribution in [0.1, 0.15) is 54.9 Å². The number of amidine groups is 1. The molecule has 1 amide bonds. The molecular weight excluding hydrogens is 300 g/mol. The highest BCUT2D eigenvalue weighted by molar-refractivity contribution is 5.91. The molecule has 0 aromatic heterocycles. The Morgan fingerprint density at radius 2 is 1.83 bits per heavy atom. The van der Waals surface area contributed by atoms with E-state index in [0.29, 0.717) is 13.1 Å². The molecule has 0 radical (unpaired) electrons. The number of amides is 1. The molecule has 2 heterocycles. The minimum Gasteiger partial charge on any atom is -0.334 e. The zero-order valence-electron chi connectivity index (χ0n) is 16.4. The van der Waals surface area contributed by atoms with Gasteiger partial charge in [-0.15, -0.1) is 0 Å². The minimum absolute atomic E-state index is 0.0198. The Kier molecular flexibility index (Phi) is 5.14. The zero-order chi connectivity index (χ0) is 18.3. The largest absolute Gasteiger partial charge is 0.334 e. The number of nitrogens with two attached hydrogens (primary N) is 1. The van der Waals surface area contributed by atoms with E-state index < -0.39 is 0 Å². The summed E-state index contributed by atoms with van der Waals surface area (Å²) in [7, 11) is 0. The summed E-state index contributed by atoms with van der Waals surface area (Å²) in [6.07, 6.45) is 0.958. The SMILES string of the molecule is CCC1=C2CN(C(=O)CN)CCN2C(C(C)(C)C)=NC1C(C)(C)C. The predicted octanol–water partition coefficient (Wildman–Crippen LogP) is 2.63. The molecular formula is C19H34N4O. The number of fused-ring (bicyclic) bond motifs is 1. The van der Waals surface area contributed by atoms with E-state index >= 15 is 0 Å². The smallest absolute Gasteiger partial charge is 0.236 e. The molecule has 2 aliphatic heterocycles. The molecule has 5 nitrogen and oxygen atoms in total. The van der Waals surface area contributed by atoms with Crippen LogP contribution in [0.3, 0.4) is 0 Å². The van der Waals surface area contributed by atoms with Crippen LogP contribution in [0, 0.1) is 10.8 Å². The minimum atomic E-state index is -0.0198. The van der Waals surface area contributed by atoms with Gasteiger partial charge in [0.2, 0.25) is 5.91 Å². The van der Waals surface area contributed by atoms with E-state index in [1.54, 1.807) is 0 Å². The highest BCUT2D eigenvalue weighted by Gasteiger charge is 2.41. The highest BCUT2D eigenvalue weighted by atomic mass is 16.2. The fourth-order valence-electron chi connectivity index (χ4n) is 3.69. The molecule has 1 atom stereocenters. The van der Waals surface area contributed by atoms with Gasteiger partial charge in [0.1, 0.15) is 5.84 Å². The third-order valence-corrected chi connectivity index (χ3v) is 4.87. The van der Waals surface area contributed by atoms with Crippen LogP contribution in [-0.2, 0) is 4.79 Å². The van der Waals surface area contributed by atoms with E-state index in [0.717, 1.165) is 18.8 Å². The first-order chi connectivity index (χ1) is 11.0. The quantitative estimate of drug-likeness (QED) is 0.844. The molecule has 1 unspecified atom stereocenters. The molecule has 0 aliphatic carbocycles. The molecule has 0 saturated carbocycles. The van der Waals surface area contributed by atoms with Crippen LogP contribution in [0.15, 0.2) is 16.3 Å². The van der Waals surface area contributed by atoms with Crippen molar-refractivity contribution in [2.24, 2.45) is 21.6 Å². The van der Waals surface area contributed by atoms with E-state index in [2.05, 4.69) is 53.4 Å². The standard InChI is InChI=1S/C19H34N4O/c1-8-13-14-12-22(15(24)11-20)9-10-23(14)17(19(5,6)7)21-16(13)18(2,3)4/h16H,8-12,20H2,1-7H3. The Morgan fingerprint density at radius 1 is 1.21 bits per heavy atom. The first-order valence-electron chi connectivity index (χ1n) is 9.06. The van der Waals surface area contributed by atoms with Crippen molar-refractivity contribution in [1.82, 2.24) is 9.80 Å². The van der Waals surface area contributed by atoms with Crippen molar-refractivity contribution in [1.29, 1.82) is 0 Å². The normalized spacial score (nSPS) is 22.5. The lowest BCUT2D eigenvalue weighted by Crippen LogP contribution is -2.56. The van der Waals surface area contributed by atoms with Crippen molar-refractivity contribution in [2.45, 2.75) is 60.9 Å². The summed E-state index contributed by atoms with van der Waals surface area (Å²) in [5.74, 6) is 1.18. The van der Waals surface area contributed by atoms with Crippen molar-refractivity contribution in [2.75, 3.05) is 26.2 Å². The van der Waals surface area contributed by atoms with Gasteiger partial charge in [0.05, 0.1) is 19.1 Å². The molecule has 136 valence electrons. The molecule has 2 rings (SSSR count). The van der Waals surface area contributed by atoms with Crippen LogP contribution in [0.4, 0.5) is 0 Å². The molecule has 1 fully saturated rings. The third-order valence-electron chi connectivity index (χ3n) is 4.87. The first kappa shape index (κ1) is 19.0. The maximum Gasteiger partial charge on any atom is 0.236 e. The molecule has 0 aromatic carbocycles. The molecule has 2 N–H and O–H groups in total. The fraction of sp³-hybridized carbons (Fsp3) is 0.789. The van der Waals surface area contributed by atoms with E-state index in [1.165, 1.54) is 11.3 Å². The topological polar surface area (TPSA) is 61.9 Å². The van der Waals surface area contributed by atoms with E-state index in [1.807, 2.05) is 4.90 Å². The van der Waals surface area contributed by atoms with Crippen LogP contribution in [0.25, 0.3) is 0 Å². The Hall–Kier alpha value is -1.36. The number of hydrogen-bond acceptors (Lipinski definition) is 4. The van der Waals surface area contributed by atoms with Gasteiger partial charge in [-0.1, -0.05) is 48.5 Å². The van der Waals surface area contributed by atoms with Crippen molar-refractivity contribution < 1.29 is 4.79 Å². The lowest BCUT2D eigenvalue weighted by Gasteiger charge is -2.48. The first-order valence-corrected chi connectivity index (χ1v) is 9.06. The second kappa shape index (κ2) is 6.51. The van der Waals surface area contributed by atoms with E-state index in [-0.39, 0.29) is 29.3 Å². The molecule has 2 aliphatic rings. The number of piperazine rings is 1. The summed E-state index contributed by atoms with van der Waals surface area (Å²) in [6, 6.07) is 0.163. The number of aliphatic imine (C=N–C) groups is 1. The van der Waals surface area contributed by atoms with Gasteiger partial charge in [0.15, 0.2) is 0 Å². The lowest BCUT2D eigenvalue weighted by atomic mass is 9.78. The Bertz CT molecular complexity index is 563.